The molecule has 1 heterocycles. The van der Waals surface area contributed by atoms with Gasteiger partial charge in [0.1, 0.15) is 0 Å². The highest BCUT2D eigenvalue weighted by atomic mass is 16.5. The van der Waals surface area contributed by atoms with Gasteiger partial charge in [0.15, 0.2) is 0 Å². The Balaban J connectivity index is 1.76. The average Bonchev–Trinajstić information content (AvgIpc) is 2.92. The minimum absolute atomic E-state index is 0.349. The summed E-state index contributed by atoms with van der Waals surface area (Å²) >= 11 is 0. The summed E-state index contributed by atoms with van der Waals surface area (Å²) in [4.78, 5) is 2.06. The third kappa shape index (κ3) is 4.22. The van der Waals surface area contributed by atoms with Crippen LogP contribution in [0.2, 0.25) is 0 Å². The fraction of sp³-hybridized carbons (Fsp3) is 0.625. The van der Waals surface area contributed by atoms with Crippen LogP contribution in [0.15, 0.2) is 24.3 Å². The van der Waals surface area contributed by atoms with Crippen molar-refractivity contribution in [2.24, 2.45) is 0 Å². The van der Waals surface area contributed by atoms with Gasteiger partial charge in [0.2, 0.25) is 0 Å². The Kier molecular flexibility index (Phi) is 5.23. The molecule has 1 aromatic rings. The van der Waals surface area contributed by atoms with Crippen molar-refractivity contribution in [3.63, 3.8) is 0 Å². The van der Waals surface area contributed by atoms with Crippen LogP contribution in [-0.4, -0.2) is 31.9 Å². The second-order valence-electron chi connectivity index (χ2n) is 5.57. The number of aliphatic hydroxyl groups excluding tert-OH is 1. The molecule has 0 aromatic heterocycles. The summed E-state index contributed by atoms with van der Waals surface area (Å²) in [6, 6.07) is 8.15. The number of nitrogens with zero attached hydrogens (tertiary/aromatic N) is 1. The molecule has 3 nitrogen and oxygen atoms in total. The molecule has 1 N–H and O–H groups in total. The summed E-state index contributed by atoms with van der Waals surface area (Å²) in [5.41, 5.74) is 2.17. The molecule has 0 bridgehead atoms. The second-order valence-corrected chi connectivity index (χ2v) is 5.57. The van der Waals surface area contributed by atoms with Gasteiger partial charge in [-0.05, 0) is 49.8 Å². The Morgan fingerprint density at radius 1 is 1.32 bits per heavy atom. The number of anilines is 1. The molecule has 0 aliphatic carbocycles. The molecule has 1 aliphatic rings. The SMILES string of the molecule is CN(C)c1ccc(C(O)CCCC2CCCO2)cc1. The lowest BCUT2D eigenvalue weighted by atomic mass is 10.0. The molecule has 1 aliphatic heterocycles. The molecule has 3 heteroatoms. The van der Waals surface area contributed by atoms with Crippen LogP contribution in [0.4, 0.5) is 5.69 Å². The standard InChI is InChI=1S/C16H25NO2/c1-17(2)14-10-8-13(9-11-14)16(18)7-3-5-15-6-4-12-19-15/h8-11,15-16,18H,3-7,12H2,1-2H3. The van der Waals surface area contributed by atoms with Crippen molar-refractivity contribution in [1.29, 1.82) is 0 Å². The number of ether oxygens (including phenoxy) is 1. The summed E-state index contributed by atoms with van der Waals surface area (Å²) in [7, 11) is 4.04. The molecule has 0 saturated carbocycles. The second kappa shape index (κ2) is 6.92. The largest absolute Gasteiger partial charge is 0.388 e. The zero-order chi connectivity index (χ0) is 13.7. The summed E-state index contributed by atoms with van der Waals surface area (Å²) in [6.45, 7) is 0.916. The molecule has 19 heavy (non-hydrogen) atoms. The fourth-order valence-electron chi connectivity index (χ4n) is 2.57. The number of hydrogen-bond acceptors (Lipinski definition) is 3. The molecule has 106 valence electrons. The summed E-state index contributed by atoms with van der Waals surface area (Å²) in [6.07, 6.45) is 5.39. The minimum atomic E-state index is -0.349. The van der Waals surface area contributed by atoms with Gasteiger partial charge in [0, 0.05) is 26.4 Å². The van der Waals surface area contributed by atoms with E-state index < -0.39 is 0 Å². The zero-order valence-corrected chi connectivity index (χ0v) is 12.0. The Morgan fingerprint density at radius 3 is 2.63 bits per heavy atom. The predicted molar refractivity (Wildman–Crippen MR) is 78.6 cm³/mol. The average molecular weight is 263 g/mol. The van der Waals surface area contributed by atoms with Crippen LogP contribution >= 0.6 is 0 Å². The maximum atomic E-state index is 10.2. The lowest BCUT2D eigenvalue weighted by Gasteiger charge is -2.16. The Bertz CT molecular complexity index is 369. The maximum absolute atomic E-state index is 10.2. The van der Waals surface area contributed by atoms with E-state index in [0.29, 0.717) is 6.10 Å². The van der Waals surface area contributed by atoms with Gasteiger partial charge in [-0.1, -0.05) is 12.1 Å². The smallest absolute Gasteiger partial charge is 0.0790 e. The van der Waals surface area contributed by atoms with E-state index in [1.807, 2.05) is 26.2 Å². The van der Waals surface area contributed by atoms with E-state index in [2.05, 4.69) is 17.0 Å². The van der Waals surface area contributed by atoms with Gasteiger partial charge < -0.3 is 14.7 Å². The number of rotatable bonds is 6. The van der Waals surface area contributed by atoms with Gasteiger partial charge >= 0.3 is 0 Å². The number of aliphatic hydroxyl groups is 1. The van der Waals surface area contributed by atoms with Crippen LogP contribution in [0.25, 0.3) is 0 Å². The lowest BCUT2D eigenvalue weighted by Crippen LogP contribution is -2.09. The first-order chi connectivity index (χ1) is 9.16. The summed E-state index contributed by atoms with van der Waals surface area (Å²) < 4.78 is 5.60. The molecule has 1 fully saturated rings. The van der Waals surface area contributed by atoms with E-state index in [9.17, 15) is 5.11 Å². The fourth-order valence-corrected chi connectivity index (χ4v) is 2.57. The van der Waals surface area contributed by atoms with E-state index in [1.165, 1.54) is 12.8 Å². The predicted octanol–water partition coefficient (Wildman–Crippen LogP) is 3.14. The zero-order valence-electron chi connectivity index (χ0n) is 12.0. The van der Waals surface area contributed by atoms with Crippen LogP contribution in [0.3, 0.4) is 0 Å². The molecule has 2 atom stereocenters. The molecule has 0 spiro atoms. The van der Waals surface area contributed by atoms with E-state index >= 15 is 0 Å². The first kappa shape index (κ1) is 14.4. The van der Waals surface area contributed by atoms with Gasteiger partial charge in [-0.15, -0.1) is 0 Å². The maximum Gasteiger partial charge on any atom is 0.0790 e. The van der Waals surface area contributed by atoms with Crippen LogP contribution in [0.5, 0.6) is 0 Å². The quantitative estimate of drug-likeness (QED) is 0.856. The third-order valence-electron chi connectivity index (χ3n) is 3.82. The van der Waals surface area contributed by atoms with Crippen molar-refractivity contribution >= 4 is 5.69 Å². The van der Waals surface area contributed by atoms with Crippen LogP contribution in [-0.2, 0) is 4.74 Å². The van der Waals surface area contributed by atoms with Crippen molar-refractivity contribution in [3.8, 4) is 0 Å². The molecule has 0 radical (unpaired) electrons. The normalized spacial score (nSPS) is 20.5. The molecule has 1 aromatic carbocycles. The molecular weight excluding hydrogens is 238 g/mol. The van der Waals surface area contributed by atoms with Crippen LogP contribution < -0.4 is 4.90 Å². The van der Waals surface area contributed by atoms with Crippen LogP contribution in [0.1, 0.15) is 43.8 Å². The summed E-state index contributed by atoms with van der Waals surface area (Å²) in [5.74, 6) is 0. The topological polar surface area (TPSA) is 32.7 Å². The monoisotopic (exact) mass is 263 g/mol. The Morgan fingerprint density at radius 2 is 2.05 bits per heavy atom. The molecule has 2 rings (SSSR count). The lowest BCUT2D eigenvalue weighted by molar-refractivity contribution is 0.0945. The summed E-state index contributed by atoms with van der Waals surface area (Å²) in [5, 5.41) is 10.2. The van der Waals surface area contributed by atoms with Crippen LogP contribution in [0, 0.1) is 0 Å². The highest BCUT2D eigenvalue weighted by Gasteiger charge is 2.16. The first-order valence-corrected chi connectivity index (χ1v) is 7.24. The molecule has 0 amide bonds. The third-order valence-corrected chi connectivity index (χ3v) is 3.82. The molecule has 2 unspecified atom stereocenters. The first-order valence-electron chi connectivity index (χ1n) is 7.24. The Labute approximate surface area is 116 Å². The minimum Gasteiger partial charge on any atom is -0.388 e. The highest BCUT2D eigenvalue weighted by molar-refractivity contribution is 5.46. The van der Waals surface area contributed by atoms with E-state index in [0.717, 1.165) is 37.1 Å². The molecule has 1 saturated heterocycles. The van der Waals surface area contributed by atoms with Crippen molar-refractivity contribution in [1.82, 2.24) is 0 Å². The van der Waals surface area contributed by atoms with Crippen molar-refractivity contribution < 1.29 is 9.84 Å². The van der Waals surface area contributed by atoms with Crippen molar-refractivity contribution in [3.05, 3.63) is 29.8 Å². The van der Waals surface area contributed by atoms with Gasteiger partial charge in [-0.3, -0.25) is 0 Å². The Hall–Kier alpha value is -1.06. The number of hydrogen-bond donors (Lipinski definition) is 1. The van der Waals surface area contributed by atoms with Crippen molar-refractivity contribution in [2.75, 3.05) is 25.6 Å². The van der Waals surface area contributed by atoms with Gasteiger partial charge in [0.05, 0.1) is 12.2 Å². The van der Waals surface area contributed by atoms with Gasteiger partial charge in [0.25, 0.3) is 0 Å². The van der Waals surface area contributed by atoms with Crippen molar-refractivity contribution in [2.45, 2.75) is 44.3 Å². The number of benzene rings is 1. The molecular formula is C16H25NO2. The van der Waals surface area contributed by atoms with E-state index in [1.54, 1.807) is 0 Å². The van der Waals surface area contributed by atoms with Gasteiger partial charge in [-0.25, -0.2) is 0 Å². The highest BCUT2D eigenvalue weighted by Crippen LogP contribution is 2.24. The van der Waals surface area contributed by atoms with E-state index in [4.69, 9.17) is 4.74 Å². The van der Waals surface area contributed by atoms with Gasteiger partial charge in [-0.2, -0.15) is 0 Å². The van der Waals surface area contributed by atoms with E-state index in [-0.39, 0.29) is 6.10 Å².